The molecule has 1 heterocycles. The molecule has 2 nitrogen and oxygen atoms in total. The number of likely N-dealkylation sites (tertiary alicyclic amines) is 1. The summed E-state index contributed by atoms with van der Waals surface area (Å²) in [6.45, 7) is 3.35. The normalized spacial score (nSPS) is 20.6. The van der Waals surface area contributed by atoms with Gasteiger partial charge in [0.1, 0.15) is 0 Å². The molecular formula is C10H18F4N2. The lowest BCUT2D eigenvalue weighted by Gasteiger charge is -2.23. The lowest BCUT2D eigenvalue weighted by Crippen LogP contribution is -2.45. The molecule has 96 valence electrons. The van der Waals surface area contributed by atoms with E-state index in [0.29, 0.717) is 6.54 Å². The van der Waals surface area contributed by atoms with E-state index in [9.17, 15) is 17.6 Å². The van der Waals surface area contributed by atoms with Crippen LogP contribution in [0.4, 0.5) is 17.6 Å². The van der Waals surface area contributed by atoms with Gasteiger partial charge in [0.15, 0.2) is 0 Å². The quantitative estimate of drug-likeness (QED) is 0.716. The zero-order valence-electron chi connectivity index (χ0n) is 9.36. The van der Waals surface area contributed by atoms with Gasteiger partial charge in [-0.15, -0.1) is 0 Å². The summed E-state index contributed by atoms with van der Waals surface area (Å²) < 4.78 is 48.9. The van der Waals surface area contributed by atoms with Crippen LogP contribution in [0.1, 0.15) is 19.8 Å². The molecule has 1 atom stereocenters. The van der Waals surface area contributed by atoms with E-state index < -0.39 is 18.9 Å². The van der Waals surface area contributed by atoms with Crippen molar-refractivity contribution in [3.05, 3.63) is 0 Å². The second-order valence-electron chi connectivity index (χ2n) is 4.35. The Hall–Kier alpha value is -0.360. The molecule has 0 aromatic heterocycles. The first-order chi connectivity index (χ1) is 7.42. The maximum atomic E-state index is 12.6. The highest BCUT2D eigenvalue weighted by Crippen LogP contribution is 2.21. The average Bonchev–Trinajstić information content (AvgIpc) is 2.67. The van der Waals surface area contributed by atoms with E-state index in [0.717, 1.165) is 25.9 Å². The summed E-state index contributed by atoms with van der Waals surface area (Å²) in [5.41, 5.74) is 0. The molecule has 6 heteroatoms. The zero-order valence-corrected chi connectivity index (χ0v) is 9.36. The zero-order chi connectivity index (χ0) is 12.2. The van der Waals surface area contributed by atoms with Gasteiger partial charge in [0.2, 0.25) is 0 Å². The van der Waals surface area contributed by atoms with Crippen molar-refractivity contribution in [1.29, 1.82) is 0 Å². The van der Waals surface area contributed by atoms with Gasteiger partial charge in [0, 0.05) is 12.6 Å². The molecule has 16 heavy (non-hydrogen) atoms. The van der Waals surface area contributed by atoms with Crippen molar-refractivity contribution in [2.75, 3.05) is 26.2 Å². The Kier molecular flexibility index (Phi) is 4.98. The molecule has 1 N–H and O–H groups in total. The molecule has 1 unspecified atom stereocenters. The van der Waals surface area contributed by atoms with Crippen LogP contribution in [0.25, 0.3) is 0 Å². The third-order valence-corrected chi connectivity index (χ3v) is 2.74. The SMILES string of the molecule is CC(CN1CCCC1)NCC(F)(F)C(F)F. The Morgan fingerprint density at radius 2 is 1.81 bits per heavy atom. The molecule has 0 amide bonds. The average molecular weight is 242 g/mol. The fourth-order valence-corrected chi connectivity index (χ4v) is 1.80. The number of hydrogen-bond donors (Lipinski definition) is 1. The van der Waals surface area contributed by atoms with Crippen molar-refractivity contribution in [3.63, 3.8) is 0 Å². The Balaban J connectivity index is 2.21. The lowest BCUT2D eigenvalue weighted by molar-refractivity contribution is -0.126. The third-order valence-electron chi connectivity index (χ3n) is 2.74. The highest BCUT2D eigenvalue weighted by Gasteiger charge is 2.40. The smallest absolute Gasteiger partial charge is 0.307 e. The van der Waals surface area contributed by atoms with Gasteiger partial charge >= 0.3 is 12.3 Å². The van der Waals surface area contributed by atoms with Crippen molar-refractivity contribution in [2.24, 2.45) is 0 Å². The number of alkyl halides is 4. The molecule has 0 saturated carbocycles. The first kappa shape index (κ1) is 13.7. The van der Waals surface area contributed by atoms with Gasteiger partial charge in [-0.2, -0.15) is 8.78 Å². The third kappa shape index (κ3) is 4.25. The predicted molar refractivity (Wildman–Crippen MR) is 54.1 cm³/mol. The minimum atomic E-state index is -3.93. The van der Waals surface area contributed by atoms with Crippen molar-refractivity contribution in [1.82, 2.24) is 10.2 Å². The monoisotopic (exact) mass is 242 g/mol. The van der Waals surface area contributed by atoms with E-state index in [-0.39, 0.29) is 6.04 Å². The minimum absolute atomic E-state index is 0.192. The molecule has 0 aromatic rings. The van der Waals surface area contributed by atoms with Crippen molar-refractivity contribution in [3.8, 4) is 0 Å². The topological polar surface area (TPSA) is 15.3 Å². The summed E-state index contributed by atoms with van der Waals surface area (Å²) in [5.74, 6) is -3.93. The molecular weight excluding hydrogens is 224 g/mol. The van der Waals surface area contributed by atoms with E-state index in [1.54, 1.807) is 6.92 Å². The molecule has 1 saturated heterocycles. The van der Waals surface area contributed by atoms with Crippen molar-refractivity contribution >= 4 is 0 Å². The number of rotatable bonds is 6. The molecule has 0 aliphatic carbocycles. The minimum Gasteiger partial charge on any atom is -0.307 e. The number of halogens is 4. The molecule has 0 aromatic carbocycles. The highest BCUT2D eigenvalue weighted by atomic mass is 19.3. The summed E-state index contributed by atoms with van der Waals surface area (Å²) in [6, 6.07) is -0.192. The number of nitrogens with zero attached hydrogens (tertiary/aromatic N) is 1. The standard InChI is InChI=1S/C10H18F4N2/c1-8(6-16-4-2-3-5-16)15-7-10(13,14)9(11)12/h8-9,15H,2-7H2,1H3. The van der Waals surface area contributed by atoms with Crippen molar-refractivity contribution in [2.45, 2.75) is 38.2 Å². The van der Waals surface area contributed by atoms with Crippen LogP contribution >= 0.6 is 0 Å². The van der Waals surface area contributed by atoms with Crippen LogP contribution in [-0.4, -0.2) is 49.5 Å². The Labute approximate surface area is 93.0 Å². The second-order valence-corrected chi connectivity index (χ2v) is 4.35. The van der Waals surface area contributed by atoms with E-state index in [2.05, 4.69) is 10.2 Å². The summed E-state index contributed by atoms with van der Waals surface area (Å²) in [7, 11) is 0. The van der Waals surface area contributed by atoms with Gasteiger partial charge in [0.25, 0.3) is 0 Å². The number of nitrogens with one attached hydrogen (secondary N) is 1. The van der Waals surface area contributed by atoms with Gasteiger partial charge in [-0.05, 0) is 32.9 Å². The maximum absolute atomic E-state index is 12.6. The van der Waals surface area contributed by atoms with Gasteiger partial charge < -0.3 is 10.2 Å². The predicted octanol–water partition coefficient (Wildman–Crippen LogP) is 1.96. The molecule has 1 aliphatic rings. The summed E-state index contributed by atoms with van der Waals surface area (Å²) in [6.07, 6.45) is -1.35. The van der Waals surface area contributed by atoms with Crippen LogP contribution < -0.4 is 5.32 Å². The van der Waals surface area contributed by atoms with Crippen LogP contribution in [0.2, 0.25) is 0 Å². The van der Waals surface area contributed by atoms with E-state index in [1.165, 1.54) is 0 Å². The lowest BCUT2D eigenvalue weighted by atomic mass is 10.2. The van der Waals surface area contributed by atoms with Crippen LogP contribution in [0.3, 0.4) is 0 Å². The fourth-order valence-electron chi connectivity index (χ4n) is 1.80. The maximum Gasteiger partial charge on any atom is 0.319 e. The Morgan fingerprint density at radius 3 is 2.31 bits per heavy atom. The largest absolute Gasteiger partial charge is 0.319 e. The van der Waals surface area contributed by atoms with Gasteiger partial charge in [0.05, 0.1) is 6.54 Å². The van der Waals surface area contributed by atoms with Gasteiger partial charge in [-0.25, -0.2) is 8.78 Å². The van der Waals surface area contributed by atoms with Gasteiger partial charge in [-0.1, -0.05) is 0 Å². The summed E-state index contributed by atoms with van der Waals surface area (Å²) >= 11 is 0. The van der Waals surface area contributed by atoms with Crippen LogP contribution in [0.5, 0.6) is 0 Å². The molecule has 0 radical (unpaired) electrons. The number of hydrogen-bond acceptors (Lipinski definition) is 2. The summed E-state index contributed by atoms with van der Waals surface area (Å²) in [5, 5.41) is 2.46. The van der Waals surface area contributed by atoms with Crippen LogP contribution in [-0.2, 0) is 0 Å². The van der Waals surface area contributed by atoms with E-state index in [4.69, 9.17) is 0 Å². The summed E-state index contributed by atoms with van der Waals surface area (Å²) in [4.78, 5) is 2.15. The van der Waals surface area contributed by atoms with E-state index in [1.807, 2.05) is 0 Å². The molecule has 0 bridgehead atoms. The Morgan fingerprint density at radius 1 is 1.25 bits per heavy atom. The second kappa shape index (κ2) is 5.82. The molecule has 1 rings (SSSR count). The van der Waals surface area contributed by atoms with E-state index >= 15 is 0 Å². The first-order valence-corrected chi connectivity index (χ1v) is 5.53. The molecule has 1 fully saturated rings. The molecule has 0 spiro atoms. The Bertz CT molecular complexity index is 205. The fraction of sp³-hybridized carbons (Fsp3) is 1.00. The highest BCUT2D eigenvalue weighted by molar-refractivity contribution is 4.77. The van der Waals surface area contributed by atoms with Crippen LogP contribution in [0.15, 0.2) is 0 Å². The van der Waals surface area contributed by atoms with Crippen molar-refractivity contribution < 1.29 is 17.6 Å². The molecule has 1 aliphatic heterocycles. The van der Waals surface area contributed by atoms with Crippen LogP contribution in [0, 0.1) is 0 Å². The van der Waals surface area contributed by atoms with Gasteiger partial charge in [-0.3, -0.25) is 0 Å². The first-order valence-electron chi connectivity index (χ1n) is 5.53.